The van der Waals surface area contributed by atoms with Crippen molar-refractivity contribution in [3.05, 3.63) is 38.3 Å². The Hall–Kier alpha value is -1.47. The van der Waals surface area contributed by atoms with Crippen molar-refractivity contribution in [2.24, 2.45) is 5.92 Å². The van der Waals surface area contributed by atoms with Crippen molar-refractivity contribution in [2.45, 2.75) is 19.4 Å². The maximum Gasteiger partial charge on any atom is 0.270 e. The highest BCUT2D eigenvalue weighted by Gasteiger charge is 2.29. The topological polar surface area (TPSA) is 83.7 Å². The Morgan fingerprint density at radius 3 is 2.85 bits per heavy atom. The van der Waals surface area contributed by atoms with Gasteiger partial charge in [0.1, 0.15) is 0 Å². The van der Waals surface area contributed by atoms with Crippen LogP contribution in [0.5, 0.6) is 0 Å². The van der Waals surface area contributed by atoms with Crippen molar-refractivity contribution < 1.29 is 14.8 Å². The lowest BCUT2D eigenvalue weighted by atomic mass is 9.96. The third kappa shape index (κ3) is 2.99. The highest BCUT2D eigenvalue weighted by Crippen LogP contribution is 2.26. The molecule has 1 aromatic carbocycles. The Balaban J connectivity index is 2.25. The van der Waals surface area contributed by atoms with Gasteiger partial charge < -0.3 is 10.0 Å². The number of hydrogen-bond donors (Lipinski definition) is 1. The molecular formula is C13H15BrN2O4. The van der Waals surface area contributed by atoms with Gasteiger partial charge >= 0.3 is 0 Å². The minimum atomic E-state index is -0.522. The normalized spacial score (nSPS) is 22.6. The molecule has 1 amide bonds. The second-order valence-corrected chi connectivity index (χ2v) is 5.86. The van der Waals surface area contributed by atoms with E-state index in [0.717, 1.165) is 0 Å². The van der Waals surface area contributed by atoms with Crippen LogP contribution in [-0.4, -0.2) is 40.0 Å². The highest BCUT2D eigenvalue weighted by atomic mass is 79.9. The lowest BCUT2D eigenvalue weighted by Gasteiger charge is -2.34. The Morgan fingerprint density at radius 2 is 2.25 bits per heavy atom. The van der Waals surface area contributed by atoms with Crippen LogP contribution in [0, 0.1) is 16.0 Å². The van der Waals surface area contributed by atoms with Crippen molar-refractivity contribution in [1.82, 2.24) is 4.90 Å². The fraction of sp³-hybridized carbons (Fsp3) is 0.462. The van der Waals surface area contributed by atoms with Crippen molar-refractivity contribution in [3.8, 4) is 0 Å². The fourth-order valence-electron chi connectivity index (χ4n) is 2.28. The smallest absolute Gasteiger partial charge is 0.270 e. The van der Waals surface area contributed by atoms with E-state index in [1.807, 2.05) is 6.92 Å². The van der Waals surface area contributed by atoms with E-state index in [2.05, 4.69) is 15.9 Å². The molecular weight excluding hydrogens is 328 g/mol. The fourth-order valence-corrected chi connectivity index (χ4v) is 2.69. The van der Waals surface area contributed by atoms with Gasteiger partial charge in [-0.25, -0.2) is 0 Å². The predicted octanol–water partition coefficient (Wildman–Crippen LogP) is 2.20. The molecule has 0 aliphatic carbocycles. The molecule has 1 aliphatic rings. The average Bonchev–Trinajstić information content (AvgIpc) is 2.41. The summed E-state index contributed by atoms with van der Waals surface area (Å²) in [6.07, 6.45) is 0.131. The molecule has 7 heteroatoms. The number of amides is 1. The third-order valence-electron chi connectivity index (χ3n) is 3.54. The number of rotatable bonds is 2. The number of nitro benzene ring substituents is 1. The van der Waals surface area contributed by atoms with Crippen LogP contribution in [0.2, 0.25) is 0 Å². The number of nitrogens with zero attached hydrogens (tertiary/aromatic N) is 2. The number of benzene rings is 1. The number of piperidine rings is 1. The SMILES string of the molecule is CC1CN(C(=O)c2cc([N+](=O)[O-])ccc2Br)CCC1O. The van der Waals surface area contributed by atoms with E-state index in [0.29, 0.717) is 24.0 Å². The van der Waals surface area contributed by atoms with Gasteiger partial charge in [-0.05, 0) is 34.3 Å². The molecule has 0 saturated carbocycles. The standard InChI is InChI=1S/C13H15BrN2O4/c1-8-7-15(5-4-12(8)17)13(18)10-6-9(16(19)20)2-3-11(10)14/h2-3,6,8,12,17H,4-5,7H2,1H3. The van der Waals surface area contributed by atoms with E-state index in [1.165, 1.54) is 18.2 Å². The van der Waals surface area contributed by atoms with E-state index in [1.54, 1.807) is 4.90 Å². The van der Waals surface area contributed by atoms with Crippen molar-refractivity contribution in [3.63, 3.8) is 0 Å². The summed E-state index contributed by atoms with van der Waals surface area (Å²) in [5, 5.41) is 20.5. The van der Waals surface area contributed by atoms with Crippen molar-refractivity contribution in [1.29, 1.82) is 0 Å². The third-order valence-corrected chi connectivity index (χ3v) is 4.23. The van der Waals surface area contributed by atoms with Crippen molar-refractivity contribution >= 4 is 27.5 Å². The predicted molar refractivity (Wildman–Crippen MR) is 76.5 cm³/mol. The van der Waals surface area contributed by atoms with Crippen LogP contribution in [0.3, 0.4) is 0 Å². The summed E-state index contributed by atoms with van der Waals surface area (Å²) in [4.78, 5) is 24.3. The van der Waals surface area contributed by atoms with Gasteiger partial charge in [0.05, 0.1) is 16.6 Å². The molecule has 20 heavy (non-hydrogen) atoms. The number of non-ortho nitro benzene ring substituents is 1. The molecule has 2 atom stereocenters. The molecule has 0 spiro atoms. The maximum absolute atomic E-state index is 12.4. The molecule has 1 heterocycles. The van der Waals surface area contributed by atoms with Gasteiger partial charge in [0.2, 0.25) is 0 Å². The Bertz CT molecular complexity index is 549. The number of aliphatic hydroxyl groups is 1. The molecule has 6 nitrogen and oxygen atoms in total. The molecule has 1 fully saturated rings. The van der Waals surface area contributed by atoms with Crippen LogP contribution < -0.4 is 0 Å². The largest absolute Gasteiger partial charge is 0.393 e. The molecule has 2 unspecified atom stereocenters. The first-order valence-corrected chi connectivity index (χ1v) is 7.10. The number of halogens is 1. The second-order valence-electron chi connectivity index (χ2n) is 5.01. The van der Waals surface area contributed by atoms with E-state index in [9.17, 15) is 20.0 Å². The van der Waals surface area contributed by atoms with Gasteiger partial charge in [0.15, 0.2) is 0 Å². The first kappa shape index (κ1) is 14.9. The molecule has 0 aromatic heterocycles. The van der Waals surface area contributed by atoms with Crippen LogP contribution in [0.1, 0.15) is 23.7 Å². The molecule has 2 rings (SSSR count). The number of carbonyl (C=O) groups excluding carboxylic acids is 1. The zero-order valence-corrected chi connectivity index (χ0v) is 12.5. The average molecular weight is 343 g/mol. The molecule has 1 aromatic rings. The number of nitro groups is 1. The minimum Gasteiger partial charge on any atom is -0.393 e. The Labute approximate surface area is 124 Å². The van der Waals surface area contributed by atoms with Crippen LogP contribution >= 0.6 is 15.9 Å². The summed E-state index contributed by atoms with van der Waals surface area (Å²) in [5.41, 5.74) is 0.171. The summed E-state index contributed by atoms with van der Waals surface area (Å²) in [7, 11) is 0. The van der Waals surface area contributed by atoms with Gasteiger partial charge in [-0.1, -0.05) is 6.92 Å². The summed E-state index contributed by atoms with van der Waals surface area (Å²) in [5.74, 6) is -0.246. The number of hydrogen-bond acceptors (Lipinski definition) is 4. The van der Waals surface area contributed by atoms with Gasteiger partial charge in [-0.2, -0.15) is 0 Å². The summed E-state index contributed by atoms with van der Waals surface area (Å²) in [6.45, 7) is 2.79. The molecule has 0 radical (unpaired) electrons. The lowest BCUT2D eigenvalue weighted by molar-refractivity contribution is -0.384. The number of aliphatic hydroxyl groups excluding tert-OH is 1. The molecule has 1 aliphatic heterocycles. The van der Waals surface area contributed by atoms with Gasteiger partial charge in [-0.3, -0.25) is 14.9 Å². The molecule has 0 bridgehead atoms. The molecule has 1 saturated heterocycles. The highest BCUT2D eigenvalue weighted by molar-refractivity contribution is 9.10. The summed E-state index contributed by atoms with van der Waals surface area (Å²) < 4.78 is 0.534. The zero-order chi connectivity index (χ0) is 14.9. The first-order valence-electron chi connectivity index (χ1n) is 6.31. The Kier molecular flexibility index (Phi) is 4.39. The van der Waals surface area contributed by atoms with E-state index in [4.69, 9.17) is 0 Å². The van der Waals surface area contributed by atoms with Crippen LogP contribution in [0.15, 0.2) is 22.7 Å². The van der Waals surface area contributed by atoms with Crippen LogP contribution in [0.4, 0.5) is 5.69 Å². The number of likely N-dealkylation sites (tertiary alicyclic amines) is 1. The second kappa shape index (κ2) is 5.88. The summed E-state index contributed by atoms with van der Waals surface area (Å²) >= 11 is 3.25. The number of carbonyl (C=O) groups is 1. The quantitative estimate of drug-likeness (QED) is 0.659. The Morgan fingerprint density at radius 1 is 1.55 bits per heavy atom. The van der Waals surface area contributed by atoms with Crippen LogP contribution in [0.25, 0.3) is 0 Å². The summed E-state index contributed by atoms with van der Waals surface area (Å²) in [6, 6.07) is 4.14. The zero-order valence-electron chi connectivity index (χ0n) is 11.0. The van der Waals surface area contributed by atoms with Gasteiger partial charge in [-0.15, -0.1) is 0 Å². The van der Waals surface area contributed by atoms with E-state index in [-0.39, 0.29) is 23.1 Å². The first-order chi connectivity index (χ1) is 9.40. The van der Waals surface area contributed by atoms with Crippen LogP contribution in [-0.2, 0) is 0 Å². The van der Waals surface area contributed by atoms with E-state index >= 15 is 0 Å². The monoisotopic (exact) mass is 342 g/mol. The van der Waals surface area contributed by atoms with Gasteiger partial charge in [0, 0.05) is 29.7 Å². The van der Waals surface area contributed by atoms with Gasteiger partial charge in [0.25, 0.3) is 11.6 Å². The minimum absolute atomic E-state index is 0.00479. The maximum atomic E-state index is 12.4. The van der Waals surface area contributed by atoms with E-state index < -0.39 is 11.0 Å². The van der Waals surface area contributed by atoms with Crippen molar-refractivity contribution in [2.75, 3.05) is 13.1 Å². The molecule has 108 valence electrons. The molecule has 1 N–H and O–H groups in total. The lowest BCUT2D eigenvalue weighted by Crippen LogP contribution is -2.45.